The van der Waals surface area contributed by atoms with E-state index < -0.39 is 36.3 Å². The average Bonchev–Trinajstić information content (AvgIpc) is 2.53. The van der Waals surface area contributed by atoms with Crippen molar-refractivity contribution >= 4 is 11.9 Å². The van der Waals surface area contributed by atoms with E-state index in [4.69, 9.17) is 0 Å². The van der Waals surface area contributed by atoms with E-state index in [9.17, 15) is 27.9 Å². The Balaban J connectivity index is 2.64. The van der Waals surface area contributed by atoms with Gasteiger partial charge in [-0.1, -0.05) is 13.8 Å². The van der Waals surface area contributed by atoms with Crippen molar-refractivity contribution in [3.05, 3.63) is 0 Å². The van der Waals surface area contributed by atoms with E-state index in [1.54, 1.807) is 5.32 Å². The van der Waals surface area contributed by atoms with E-state index in [1.807, 2.05) is 13.8 Å². The molecule has 0 aromatic carbocycles. The zero-order valence-corrected chi connectivity index (χ0v) is 12.1. The largest absolute Gasteiger partial charge is 0.420 e. The second-order valence-corrected chi connectivity index (χ2v) is 5.67. The highest BCUT2D eigenvalue weighted by Gasteiger charge is 2.64. The molecule has 3 N–H and O–H groups in total. The van der Waals surface area contributed by atoms with Crippen molar-refractivity contribution < 1.29 is 27.9 Å². The van der Waals surface area contributed by atoms with E-state index in [0.717, 1.165) is 0 Å². The van der Waals surface area contributed by atoms with Gasteiger partial charge < -0.3 is 15.7 Å². The molecule has 1 aliphatic heterocycles. The molecule has 21 heavy (non-hydrogen) atoms. The lowest BCUT2D eigenvalue weighted by molar-refractivity contribution is -0.191. The topological polar surface area (TPSA) is 81.7 Å². The Bertz CT molecular complexity index is 414. The third kappa shape index (κ3) is 3.85. The number of carbonyl (C=O) groups excluding carboxylic acids is 2. The Labute approximate surface area is 120 Å². The van der Waals surface area contributed by atoms with Crippen molar-refractivity contribution in [3.8, 4) is 0 Å². The van der Waals surface area contributed by atoms with Gasteiger partial charge in [0.15, 0.2) is 0 Å². The number of β-amino-alcohol motifs (C(OH)–C–C–N with tert-alkyl or cyclic N) is 1. The van der Waals surface area contributed by atoms with Crippen LogP contribution < -0.4 is 10.6 Å². The van der Waals surface area contributed by atoms with E-state index in [1.165, 1.54) is 0 Å². The number of halogens is 3. The van der Waals surface area contributed by atoms with Crippen LogP contribution >= 0.6 is 0 Å². The second-order valence-electron chi connectivity index (χ2n) is 5.67. The minimum absolute atomic E-state index is 0.0813. The first-order valence-electron chi connectivity index (χ1n) is 6.58. The molecule has 0 aromatic heterocycles. The van der Waals surface area contributed by atoms with Crippen LogP contribution in [-0.2, 0) is 4.79 Å². The Morgan fingerprint density at radius 2 is 1.90 bits per heavy atom. The molecule has 0 aliphatic carbocycles. The van der Waals surface area contributed by atoms with Gasteiger partial charge in [0.05, 0.1) is 12.6 Å². The Hall–Kier alpha value is -1.35. The number of hydrogen-bond acceptors (Lipinski definition) is 4. The molecular formula is C12H20F3N3O3. The predicted octanol–water partition coefficient (Wildman–Crippen LogP) is 0.466. The molecule has 1 aliphatic rings. The minimum atomic E-state index is -4.89. The van der Waals surface area contributed by atoms with E-state index in [2.05, 4.69) is 5.32 Å². The molecule has 0 radical (unpaired) electrons. The first kappa shape index (κ1) is 17.7. The summed E-state index contributed by atoms with van der Waals surface area (Å²) in [5, 5.41) is 14.2. The number of alkyl halides is 3. The molecule has 0 bridgehead atoms. The van der Waals surface area contributed by atoms with Crippen LogP contribution in [0.4, 0.5) is 18.0 Å². The fourth-order valence-corrected chi connectivity index (χ4v) is 1.87. The van der Waals surface area contributed by atoms with Gasteiger partial charge in [-0.05, 0) is 19.4 Å². The summed E-state index contributed by atoms with van der Waals surface area (Å²) in [6, 6.07) is -1.15. The SMILES string of the molecule is CC(C)CNCC(O)CN1C(=O)NC(C)(C(F)(F)F)C1=O. The van der Waals surface area contributed by atoms with Crippen LogP contribution in [0.5, 0.6) is 0 Å². The summed E-state index contributed by atoms with van der Waals surface area (Å²) in [6.45, 7) is 4.71. The Morgan fingerprint density at radius 1 is 1.33 bits per heavy atom. The summed E-state index contributed by atoms with van der Waals surface area (Å²) in [5.74, 6) is -1.06. The van der Waals surface area contributed by atoms with Gasteiger partial charge in [0.25, 0.3) is 5.91 Å². The highest BCUT2D eigenvalue weighted by atomic mass is 19.4. The molecule has 0 spiro atoms. The second kappa shape index (κ2) is 6.18. The van der Waals surface area contributed by atoms with Crippen LogP contribution in [0.25, 0.3) is 0 Å². The first-order valence-corrected chi connectivity index (χ1v) is 6.58. The average molecular weight is 311 g/mol. The summed E-state index contributed by atoms with van der Waals surface area (Å²) in [7, 11) is 0. The van der Waals surface area contributed by atoms with Crippen LogP contribution in [0.2, 0.25) is 0 Å². The molecular weight excluding hydrogens is 291 g/mol. The van der Waals surface area contributed by atoms with Crippen molar-refractivity contribution in [2.75, 3.05) is 19.6 Å². The van der Waals surface area contributed by atoms with Gasteiger partial charge in [0, 0.05) is 6.54 Å². The standard InChI is InChI=1S/C12H20F3N3O3/c1-7(2)4-16-5-8(19)6-18-9(20)11(3,12(13,14)15)17-10(18)21/h7-8,16,19H,4-6H2,1-3H3,(H,17,21). The fraction of sp³-hybridized carbons (Fsp3) is 0.833. The number of hydrogen-bond donors (Lipinski definition) is 3. The quantitative estimate of drug-likeness (QED) is 0.623. The molecule has 2 unspecified atom stereocenters. The third-order valence-corrected chi connectivity index (χ3v) is 3.17. The maximum Gasteiger partial charge on any atom is 0.420 e. The van der Waals surface area contributed by atoms with E-state index in [0.29, 0.717) is 24.3 Å². The maximum absolute atomic E-state index is 12.8. The van der Waals surface area contributed by atoms with Gasteiger partial charge in [0.2, 0.25) is 5.54 Å². The molecule has 3 amide bonds. The summed E-state index contributed by atoms with van der Waals surface area (Å²) in [5.41, 5.74) is -2.94. The highest BCUT2D eigenvalue weighted by Crippen LogP contribution is 2.35. The lowest BCUT2D eigenvalue weighted by atomic mass is 10.0. The van der Waals surface area contributed by atoms with Crippen molar-refractivity contribution in [3.63, 3.8) is 0 Å². The van der Waals surface area contributed by atoms with Crippen molar-refractivity contribution in [1.82, 2.24) is 15.5 Å². The number of rotatable bonds is 6. The number of carbonyl (C=O) groups is 2. The fourth-order valence-electron chi connectivity index (χ4n) is 1.87. The first-order chi connectivity index (χ1) is 9.49. The number of urea groups is 1. The van der Waals surface area contributed by atoms with Crippen LogP contribution in [0.3, 0.4) is 0 Å². The van der Waals surface area contributed by atoms with Crippen molar-refractivity contribution in [1.29, 1.82) is 0 Å². The number of aliphatic hydroxyl groups excluding tert-OH is 1. The molecule has 1 fully saturated rings. The Morgan fingerprint density at radius 3 is 2.33 bits per heavy atom. The minimum Gasteiger partial charge on any atom is -0.390 e. The van der Waals surface area contributed by atoms with Crippen LogP contribution in [0.1, 0.15) is 20.8 Å². The zero-order valence-electron chi connectivity index (χ0n) is 12.1. The number of imide groups is 1. The van der Waals surface area contributed by atoms with E-state index in [-0.39, 0.29) is 6.54 Å². The lowest BCUT2D eigenvalue weighted by Crippen LogP contribution is -2.56. The number of aliphatic hydroxyl groups is 1. The predicted molar refractivity (Wildman–Crippen MR) is 68.4 cm³/mol. The molecule has 122 valence electrons. The summed E-state index contributed by atoms with van der Waals surface area (Å²) in [4.78, 5) is 23.7. The van der Waals surface area contributed by atoms with Crippen molar-refractivity contribution in [2.24, 2.45) is 5.92 Å². The number of nitrogens with zero attached hydrogens (tertiary/aromatic N) is 1. The number of amides is 3. The third-order valence-electron chi connectivity index (χ3n) is 3.17. The molecule has 6 nitrogen and oxygen atoms in total. The molecule has 1 rings (SSSR count). The zero-order chi connectivity index (χ0) is 16.4. The van der Waals surface area contributed by atoms with Gasteiger partial charge >= 0.3 is 12.2 Å². The normalized spacial score (nSPS) is 24.7. The molecule has 2 atom stereocenters. The van der Waals surface area contributed by atoms with Gasteiger partial charge in [-0.2, -0.15) is 13.2 Å². The Kier molecular flexibility index (Phi) is 5.21. The van der Waals surface area contributed by atoms with Gasteiger partial charge in [-0.3, -0.25) is 9.69 Å². The van der Waals surface area contributed by atoms with Gasteiger partial charge in [0.1, 0.15) is 0 Å². The molecule has 1 heterocycles. The van der Waals surface area contributed by atoms with Gasteiger partial charge in [-0.15, -0.1) is 0 Å². The lowest BCUT2D eigenvalue weighted by Gasteiger charge is -2.25. The molecule has 1 saturated heterocycles. The molecule has 0 saturated carbocycles. The summed E-state index contributed by atoms with van der Waals surface area (Å²) < 4.78 is 38.5. The summed E-state index contributed by atoms with van der Waals surface area (Å²) in [6.07, 6.45) is -6.02. The van der Waals surface area contributed by atoms with E-state index >= 15 is 0 Å². The summed E-state index contributed by atoms with van der Waals surface area (Å²) >= 11 is 0. The van der Waals surface area contributed by atoms with Crippen LogP contribution in [0, 0.1) is 5.92 Å². The van der Waals surface area contributed by atoms with Crippen LogP contribution in [-0.4, -0.2) is 59.4 Å². The number of nitrogens with one attached hydrogen (secondary N) is 2. The van der Waals surface area contributed by atoms with Gasteiger partial charge in [-0.25, -0.2) is 4.79 Å². The highest BCUT2D eigenvalue weighted by molar-refractivity contribution is 6.07. The molecule has 0 aromatic rings. The van der Waals surface area contributed by atoms with Crippen molar-refractivity contribution in [2.45, 2.75) is 38.6 Å². The monoisotopic (exact) mass is 311 g/mol. The smallest absolute Gasteiger partial charge is 0.390 e. The maximum atomic E-state index is 12.8. The molecule has 9 heteroatoms. The van der Waals surface area contributed by atoms with Crippen LogP contribution in [0.15, 0.2) is 0 Å².